The van der Waals surface area contributed by atoms with Gasteiger partial charge in [0.05, 0.1) is 17.4 Å². The Bertz CT molecular complexity index is 701. The van der Waals surface area contributed by atoms with E-state index in [1.54, 1.807) is 18.5 Å². The summed E-state index contributed by atoms with van der Waals surface area (Å²) in [6.45, 7) is 0.863. The molecule has 2 aromatic rings. The van der Waals surface area contributed by atoms with Crippen molar-refractivity contribution in [3.63, 3.8) is 0 Å². The standard InChI is InChI=1S/C14H13N5O/c15-7-11(8-16)9-17-12-2-3-14-13(6-12)18-10-19(14)4-1-5-20/h2-3,6,9-10,17,20H,1,4-5H2. The molecule has 0 amide bonds. The number of hydrogen-bond acceptors (Lipinski definition) is 5. The first-order valence-corrected chi connectivity index (χ1v) is 6.11. The number of aryl methyl sites for hydroxylation is 1. The largest absolute Gasteiger partial charge is 0.396 e. The number of imidazole rings is 1. The molecule has 2 N–H and O–H groups in total. The van der Waals surface area contributed by atoms with Crippen LogP contribution in [-0.4, -0.2) is 21.3 Å². The molecule has 1 aromatic heterocycles. The molecule has 6 heteroatoms. The lowest BCUT2D eigenvalue weighted by molar-refractivity contribution is 0.280. The van der Waals surface area contributed by atoms with E-state index in [1.807, 2.05) is 22.8 Å². The molecule has 0 saturated carbocycles. The third-order valence-electron chi connectivity index (χ3n) is 2.80. The molecule has 0 bridgehead atoms. The number of benzene rings is 1. The monoisotopic (exact) mass is 267 g/mol. The van der Waals surface area contributed by atoms with Crippen molar-refractivity contribution >= 4 is 16.7 Å². The van der Waals surface area contributed by atoms with Crippen LogP contribution >= 0.6 is 0 Å². The number of aliphatic hydroxyl groups excluding tert-OH is 1. The molecule has 2 rings (SSSR count). The lowest BCUT2D eigenvalue weighted by Crippen LogP contribution is -1.98. The Morgan fingerprint density at radius 3 is 2.90 bits per heavy atom. The fourth-order valence-electron chi connectivity index (χ4n) is 1.82. The number of anilines is 1. The maximum absolute atomic E-state index is 8.85. The zero-order chi connectivity index (χ0) is 14.4. The van der Waals surface area contributed by atoms with Gasteiger partial charge in [-0.15, -0.1) is 0 Å². The summed E-state index contributed by atoms with van der Waals surface area (Å²) in [5.41, 5.74) is 2.57. The van der Waals surface area contributed by atoms with Gasteiger partial charge in [0.15, 0.2) is 0 Å². The van der Waals surface area contributed by atoms with Gasteiger partial charge in [0.25, 0.3) is 0 Å². The van der Waals surface area contributed by atoms with Crippen molar-refractivity contribution in [1.29, 1.82) is 10.5 Å². The Labute approximate surface area is 116 Å². The summed E-state index contributed by atoms with van der Waals surface area (Å²) in [5.74, 6) is 0. The van der Waals surface area contributed by atoms with Gasteiger partial charge < -0.3 is 15.0 Å². The molecular formula is C14H13N5O. The van der Waals surface area contributed by atoms with E-state index in [1.165, 1.54) is 6.20 Å². The number of aliphatic hydroxyl groups is 1. The fourth-order valence-corrected chi connectivity index (χ4v) is 1.82. The second-order valence-electron chi connectivity index (χ2n) is 4.14. The number of fused-ring (bicyclic) bond motifs is 1. The molecule has 100 valence electrons. The Morgan fingerprint density at radius 1 is 1.40 bits per heavy atom. The van der Waals surface area contributed by atoms with Crippen molar-refractivity contribution in [1.82, 2.24) is 9.55 Å². The number of nitrogens with zero attached hydrogens (tertiary/aromatic N) is 4. The Balaban J connectivity index is 2.21. The zero-order valence-electron chi connectivity index (χ0n) is 10.7. The summed E-state index contributed by atoms with van der Waals surface area (Å²) in [5, 5.41) is 29.0. The first kappa shape index (κ1) is 13.6. The van der Waals surface area contributed by atoms with Crippen LogP contribution in [0.4, 0.5) is 5.69 Å². The van der Waals surface area contributed by atoms with Crippen LogP contribution in [0.15, 0.2) is 36.3 Å². The minimum absolute atomic E-state index is 0.0126. The van der Waals surface area contributed by atoms with Crippen LogP contribution in [0.25, 0.3) is 11.0 Å². The van der Waals surface area contributed by atoms with Crippen LogP contribution in [0.2, 0.25) is 0 Å². The SMILES string of the molecule is N#CC(C#N)=CNc1ccc2c(c1)ncn2CCCO. The van der Waals surface area contributed by atoms with Crippen LogP contribution < -0.4 is 5.32 Å². The van der Waals surface area contributed by atoms with Gasteiger partial charge in [0.1, 0.15) is 17.7 Å². The summed E-state index contributed by atoms with van der Waals surface area (Å²) in [6, 6.07) is 9.16. The van der Waals surface area contributed by atoms with Crippen LogP contribution in [0.5, 0.6) is 0 Å². The van der Waals surface area contributed by atoms with Gasteiger partial charge >= 0.3 is 0 Å². The first-order valence-electron chi connectivity index (χ1n) is 6.11. The second-order valence-corrected chi connectivity index (χ2v) is 4.14. The Kier molecular flexibility index (Phi) is 4.33. The van der Waals surface area contributed by atoms with Crippen LogP contribution in [0.3, 0.4) is 0 Å². The topological polar surface area (TPSA) is 97.7 Å². The van der Waals surface area contributed by atoms with Gasteiger partial charge in [0.2, 0.25) is 0 Å². The molecule has 1 heterocycles. The predicted octanol–water partition coefficient (Wildman–Crippen LogP) is 1.76. The summed E-state index contributed by atoms with van der Waals surface area (Å²) < 4.78 is 1.97. The molecule has 1 aromatic carbocycles. The van der Waals surface area contributed by atoms with E-state index in [0.717, 1.165) is 16.7 Å². The van der Waals surface area contributed by atoms with E-state index in [2.05, 4.69) is 10.3 Å². The summed E-state index contributed by atoms with van der Waals surface area (Å²) in [7, 11) is 0. The molecule has 20 heavy (non-hydrogen) atoms. The van der Waals surface area contributed by atoms with E-state index in [4.69, 9.17) is 15.6 Å². The first-order chi connectivity index (χ1) is 9.78. The molecular weight excluding hydrogens is 254 g/mol. The van der Waals surface area contributed by atoms with Crippen molar-refractivity contribution in [3.8, 4) is 12.1 Å². The average Bonchev–Trinajstić information content (AvgIpc) is 2.88. The summed E-state index contributed by atoms with van der Waals surface area (Å²) in [4.78, 5) is 4.29. The maximum Gasteiger partial charge on any atom is 0.145 e. The smallest absolute Gasteiger partial charge is 0.145 e. The quantitative estimate of drug-likeness (QED) is 0.804. The summed E-state index contributed by atoms with van der Waals surface area (Å²) in [6.07, 6.45) is 3.78. The molecule has 0 fully saturated rings. The van der Waals surface area contributed by atoms with Gasteiger partial charge in [0, 0.05) is 25.0 Å². The molecule has 0 atom stereocenters. The molecule has 0 radical (unpaired) electrons. The number of allylic oxidation sites excluding steroid dienone is 1. The molecule has 0 aliphatic carbocycles. The number of nitrogens with one attached hydrogen (secondary N) is 1. The molecule has 0 aliphatic heterocycles. The van der Waals surface area contributed by atoms with Crippen molar-refractivity contribution < 1.29 is 5.11 Å². The van der Waals surface area contributed by atoms with Crippen LogP contribution in [0.1, 0.15) is 6.42 Å². The Hall–Kier alpha value is -2.83. The van der Waals surface area contributed by atoms with E-state index in [-0.39, 0.29) is 12.2 Å². The predicted molar refractivity (Wildman–Crippen MR) is 74.4 cm³/mol. The van der Waals surface area contributed by atoms with Crippen molar-refractivity contribution in [2.75, 3.05) is 11.9 Å². The molecule has 6 nitrogen and oxygen atoms in total. The van der Waals surface area contributed by atoms with Gasteiger partial charge in [-0.25, -0.2) is 4.98 Å². The highest BCUT2D eigenvalue weighted by Crippen LogP contribution is 2.18. The lowest BCUT2D eigenvalue weighted by Gasteiger charge is -2.04. The van der Waals surface area contributed by atoms with E-state index < -0.39 is 0 Å². The van der Waals surface area contributed by atoms with E-state index in [9.17, 15) is 0 Å². The third kappa shape index (κ3) is 2.94. The molecule has 0 unspecified atom stereocenters. The Morgan fingerprint density at radius 2 is 2.20 bits per heavy atom. The third-order valence-corrected chi connectivity index (χ3v) is 2.80. The molecule has 0 spiro atoms. The second kappa shape index (κ2) is 6.37. The van der Waals surface area contributed by atoms with Gasteiger partial charge in [-0.2, -0.15) is 10.5 Å². The minimum Gasteiger partial charge on any atom is -0.396 e. The zero-order valence-corrected chi connectivity index (χ0v) is 10.7. The van der Waals surface area contributed by atoms with Gasteiger partial charge in [-0.3, -0.25) is 0 Å². The van der Waals surface area contributed by atoms with Gasteiger partial charge in [-0.1, -0.05) is 0 Å². The minimum atomic E-state index is 0.0126. The average molecular weight is 267 g/mol. The number of hydrogen-bond donors (Lipinski definition) is 2. The lowest BCUT2D eigenvalue weighted by atomic mass is 10.2. The summed E-state index contributed by atoms with van der Waals surface area (Å²) >= 11 is 0. The number of aromatic nitrogens is 2. The number of nitriles is 2. The highest BCUT2D eigenvalue weighted by molar-refractivity contribution is 5.79. The highest BCUT2D eigenvalue weighted by atomic mass is 16.3. The van der Waals surface area contributed by atoms with Crippen molar-refractivity contribution in [3.05, 3.63) is 36.3 Å². The van der Waals surface area contributed by atoms with E-state index >= 15 is 0 Å². The molecule has 0 saturated heterocycles. The van der Waals surface area contributed by atoms with E-state index in [0.29, 0.717) is 13.0 Å². The maximum atomic E-state index is 8.85. The van der Waals surface area contributed by atoms with Crippen molar-refractivity contribution in [2.45, 2.75) is 13.0 Å². The van der Waals surface area contributed by atoms with Crippen LogP contribution in [0, 0.1) is 22.7 Å². The fraction of sp³-hybridized carbons (Fsp3) is 0.214. The van der Waals surface area contributed by atoms with Crippen molar-refractivity contribution in [2.24, 2.45) is 0 Å². The molecule has 0 aliphatic rings. The van der Waals surface area contributed by atoms with Crippen LogP contribution in [-0.2, 0) is 6.54 Å². The number of rotatable bonds is 5. The van der Waals surface area contributed by atoms with Gasteiger partial charge in [-0.05, 0) is 24.6 Å². The normalized spacial score (nSPS) is 9.75. The highest BCUT2D eigenvalue weighted by Gasteiger charge is 2.03.